The van der Waals surface area contributed by atoms with Crippen molar-refractivity contribution < 1.29 is 27.5 Å². The molecule has 2 heterocycles. The highest BCUT2D eigenvalue weighted by Gasteiger charge is 2.30. The minimum atomic E-state index is -4.40. The molecule has 9 heteroatoms. The molecule has 32 heavy (non-hydrogen) atoms. The number of aliphatic carboxylic acids is 1. The fourth-order valence-corrected chi connectivity index (χ4v) is 4.17. The molecule has 2 aromatic carbocycles. The first-order chi connectivity index (χ1) is 15.2. The zero-order valence-electron chi connectivity index (χ0n) is 16.8. The van der Waals surface area contributed by atoms with E-state index < -0.39 is 17.7 Å². The molecule has 4 aromatic rings. The molecular formula is C23H17F3N2O3S. The molecule has 4 rings (SSSR count). The normalized spacial score (nSPS) is 11.8. The van der Waals surface area contributed by atoms with Crippen LogP contribution >= 0.6 is 11.8 Å². The Hall–Kier alpha value is -3.33. The number of thioether (sulfide) groups is 1. The Labute approximate surface area is 185 Å². The number of aromatic nitrogens is 2. The minimum absolute atomic E-state index is 0.115. The monoisotopic (exact) mass is 458 g/mol. The Bertz CT molecular complexity index is 1280. The Kier molecular flexibility index (Phi) is 5.92. The molecule has 0 saturated heterocycles. The fraction of sp³-hybridized carbons (Fsp3) is 0.174. The van der Waals surface area contributed by atoms with Crippen LogP contribution in [0.25, 0.3) is 22.4 Å². The standard InChI is InChI=1S/C23H17F3N2O3S/c1-13-19(31-22(27-13)14-6-8-16(9-7-14)23(24,25)26)12-32-20-10-15(11-21(29)30)17-4-2-3-5-18(17)28-20/h2-10H,11-12H2,1H3,(H,29,30). The molecule has 1 N–H and O–H groups in total. The van der Waals surface area contributed by atoms with Gasteiger partial charge in [-0.3, -0.25) is 4.79 Å². The Balaban J connectivity index is 1.55. The molecule has 0 aliphatic rings. The maximum Gasteiger partial charge on any atom is 0.416 e. The van der Waals surface area contributed by atoms with Gasteiger partial charge in [0.1, 0.15) is 5.76 Å². The van der Waals surface area contributed by atoms with Crippen molar-refractivity contribution in [3.8, 4) is 11.5 Å². The van der Waals surface area contributed by atoms with E-state index in [-0.39, 0.29) is 12.3 Å². The predicted octanol–water partition coefficient (Wildman–Crippen LogP) is 6.14. The summed E-state index contributed by atoms with van der Waals surface area (Å²) < 4.78 is 44.1. The fourth-order valence-electron chi connectivity index (χ4n) is 3.23. The number of carboxylic acids is 1. The van der Waals surface area contributed by atoms with Gasteiger partial charge in [0, 0.05) is 10.9 Å². The number of fused-ring (bicyclic) bond motifs is 1. The molecule has 0 unspecified atom stereocenters. The topological polar surface area (TPSA) is 76.2 Å². The van der Waals surface area contributed by atoms with E-state index in [0.29, 0.717) is 38.9 Å². The van der Waals surface area contributed by atoms with E-state index in [1.807, 2.05) is 24.3 Å². The van der Waals surface area contributed by atoms with Gasteiger partial charge < -0.3 is 9.52 Å². The van der Waals surface area contributed by atoms with Crippen LogP contribution in [0.15, 0.2) is 64.0 Å². The number of carbonyl (C=O) groups is 1. The summed E-state index contributed by atoms with van der Waals surface area (Å²) in [5, 5.41) is 10.7. The van der Waals surface area contributed by atoms with Gasteiger partial charge in [0.2, 0.25) is 5.89 Å². The minimum Gasteiger partial charge on any atom is -0.481 e. The third kappa shape index (κ3) is 4.77. The number of carboxylic acid groups (broad SMARTS) is 1. The first-order valence-electron chi connectivity index (χ1n) is 9.58. The second kappa shape index (κ2) is 8.66. The molecule has 164 valence electrons. The SMILES string of the molecule is Cc1nc(-c2ccc(C(F)(F)F)cc2)oc1CSc1cc(CC(=O)O)c2ccccc2n1. The number of hydrogen-bond acceptors (Lipinski definition) is 5. The highest BCUT2D eigenvalue weighted by molar-refractivity contribution is 7.98. The van der Waals surface area contributed by atoms with Crippen LogP contribution in [0.5, 0.6) is 0 Å². The van der Waals surface area contributed by atoms with Crippen LogP contribution in [-0.4, -0.2) is 21.0 Å². The van der Waals surface area contributed by atoms with Crippen LogP contribution in [0.3, 0.4) is 0 Å². The van der Waals surface area contributed by atoms with E-state index in [4.69, 9.17) is 4.42 Å². The second-order valence-electron chi connectivity index (χ2n) is 7.10. The van der Waals surface area contributed by atoms with Crippen LogP contribution in [-0.2, 0) is 23.1 Å². The quantitative estimate of drug-likeness (QED) is 0.350. The molecule has 0 bridgehead atoms. The number of pyridine rings is 1. The van der Waals surface area contributed by atoms with E-state index in [1.165, 1.54) is 23.9 Å². The third-order valence-electron chi connectivity index (χ3n) is 4.82. The van der Waals surface area contributed by atoms with Crippen molar-refractivity contribution in [1.82, 2.24) is 9.97 Å². The van der Waals surface area contributed by atoms with Crippen LogP contribution in [0.1, 0.15) is 22.6 Å². The Morgan fingerprint density at radius 2 is 1.81 bits per heavy atom. The summed E-state index contributed by atoms with van der Waals surface area (Å²) in [6, 6.07) is 13.7. The number of halogens is 3. The van der Waals surface area contributed by atoms with Gasteiger partial charge in [0.25, 0.3) is 0 Å². The molecule has 0 spiro atoms. The zero-order valence-corrected chi connectivity index (χ0v) is 17.6. The van der Waals surface area contributed by atoms with Gasteiger partial charge in [-0.2, -0.15) is 13.2 Å². The van der Waals surface area contributed by atoms with E-state index in [1.54, 1.807) is 13.0 Å². The van der Waals surface area contributed by atoms with Crippen molar-refractivity contribution in [2.24, 2.45) is 0 Å². The molecule has 5 nitrogen and oxygen atoms in total. The predicted molar refractivity (Wildman–Crippen MR) is 114 cm³/mol. The van der Waals surface area contributed by atoms with Crippen molar-refractivity contribution in [3.05, 3.63) is 77.2 Å². The van der Waals surface area contributed by atoms with Gasteiger partial charge in [0.05, 0.1) is 34.0 Å². The molecule has 0 amide bonds. The van der Waals surface area contributed by atoms with Gasteiger partial charge in [-0.25, -0.2) is 9.97 Å². The number of rotatable bonds is 6. The number of nitrogens with zero attached hydrogens (tertiary/aromatic N) is 2. The average Bonchev–Trinajstić information content (AvgIpc) is 3.12. The van der Waals surface area contributed by atoms with E-state index >= 15 is 0 Å². The van der Waals surface area contributed by atoms with Crippen molar-refractivity contribution in [2.45, 2.75) is 30.3 Å². The summed E-state index contributed by atoms with van der Waals surface area (Å²) in [6.07, 6.45) is -4.52. The van der Waals surface area contributed by atoms with Gasteiger partial charge in [-0.05, 0) is 48.9 Å². The number of para-hydroxylation sites is 1. The largest absolute Gasteiger partial charge is 0.481 e. The Morgan fingerprint density at radius 1 is 1.09 bits per heavy atom. The van der Waals surface area contributed by atoms with Crippen molar-refractivity contribution in [1.29, 1.82) is 0 Å². The van der Waals surface area contributed by atoms with Gasteiger partial charge in [0.15, 0.2) is 0 Å². The van der Waals surface area contributed by atoms with Crippen molar-refractivity contribution >= 4 is 28.6 Å². The summed E-state index contributed by atoms with van der Waals surface area (Å²) in [5.41, 5.74) is 1.71. The first-order valence-corrected chi connectivity index (χ1v) is 10.6. The maximum absolute atomic E-state index is 12.8. The van der Waals surface area contributed by atoms with Gasteiger partial charge in [-0.1, -0.05) is 30.0 Å². The van der Waals surface area contributed by atoms with Gasteiger partial charge in [-0.15, -0.1) is 0 Å². The van der Waals surface area contributed by atoms with E-state index in [9.17, 15) is 23.1 Å². The molecule has 0 saturated carbocycles. The molecule has 0 aliphatic carbocycles. The number of benzene rings is 2. The highest BCUT2D eigenvalue weighted by atomic mass is 32.2. The van der Waals surface area contributed by atoms with Gasteiger partial charge >= 0.3 is 12.1 Å². The van der Waals surface area contributed by atoms with Crippen LogP contribution in [0.4, 0.5) is 13.2 Å². The van der Waals surface area contributed by atoms with Crippen LogP contribution in [0.2, 0.25) is 0 Å². The van der Waals surface area contributed by atoms with Crippen LogP contribution in [0, 0.1) is 6.92 Å². The molecule has 2 aromatic heterocycles. The highest BCUT2D eigenvalue weighted by Crippen LogP contribution is 2.33. The summed E-state index contributed by atoms with van der Waals surface area (Å²) in [7, 11) is 0. The average molecular weight is 458 g/mol. The number of alkyl halides is 3. The van der Waals surface area contributed by atoms with E-state index in [0.717, 1.165) is 17.5 Å². The van der Waals surface area contributed by atoms with Crippen molar-refractivity contribution in [3.63, 3.8) is 0 Å². The molecule has 0 fully saturated rings. The molecule has 0 atom stereocenters. The first kappa shape index (κ1) is 21.9. The lowest BCUT2D eigenvalue weighted by Crippen LogP contribution is -2.03. The second-order valence-corrected chi connectivity index (χ2v) is 8.09. The molecule has 0 radical (unpaired) electrons. The summed E-state index contributed by atoms with van der Waals surface area (Å²) in [4.78, 5) is 20.2. The smallest absolute Gasteiger partial charge is 0.416 e. The summed E-state index contributed by atoms with van der Waals surface area (Å²) >= 11 is 1.37. The lowest BCUT2D eigenvalue weighted by Gasteiger charge is -2.07. The summed E-state index contributed by atoms with van der Waals surface area (Å²) in [5.74, 6) is 0.270. The lowest BCUT2D eigenvalue weighted by molar-refractivity contribution is -0.138. The lowest BCUT2D eigenvalue weighted by atomic mass is 10.1. The maximum atomic E-state index is 12.8. The molecular weight excluding hydrogens is 441 g/mol. The molecule has 0 aliphatic heterocycles. The van der Waals surface area contributed by atoms with Crippen molar-refractivity contribution in [2.75, 3.05) is 0 Å². The number of oxazole rings is 1. The van der Waals surface area contributed by atoms with Crippen LogP contribution < -0.4 is 0 Å². The zero-order chi connectivity index (χ0) is 22.9. The third-order valence-corrected chi connectivity index (χ3v) is 5.73. The van der Waals surface area contributed by atoms with E-state index in [2.05, 4.69) is 9.97 Å². The summed E-state index contributed by atoms with van der Waals surface area (Å²) in [6.45, 7) is 1.76. The number of aryl methyl sites for hydroxylation is 1. The Morgan fingerprint density at radius 3 is 2.50 bits per heavy atom. The number of hydrogen-bond donors (Lipinski definition) is 1.